The van der Waals surface area contributed by atoms with Crippen LogP contribution in [0.3, 0.4) is 0 Å². The lowest BCUT2D eigenvalue weighted by molar-refractivity contribution is -0.302. The van der Waals surface area contributed by atoms with Crippen molar-refractivity contribution in [2.75, 3.05) is 13.2 Å². The lowest BCUT2D eigenvalue weighted by atomic mass is 9.99. The van der Waals surface area contributed by atoms with Gasteiger partial charge in [0.15, 0.2) is 6.29 Å². The smallest absolute Gasteiger partial charge is 0.249 e. The molecule has 1 aliphatic rings. The number of allylic oxidation sites excluding steroid dienone is 4. The van der Waals surface area contributed by atoms with Crippen LogP contribution >= 0.6 is 0 Å². The van der Waals surface area contributed by atoms with Crippen LogP contribution in [0.4, 0.5) is 0 Å². The first kappa shape index (κ1) is 60.6. The highest BCUT2D eigenvalue weighted by Crippen LogP contribution is 2.23. The number of carbonyl (C=O) groups excluding carboxylic acids is 1. The van der Waals surface area contributed by atoms with Crippen molar-refractivity contribution in [3.05, 3.63) is 24.3 Å². The number of ether oxygens (including phenoxy) is 2. The second kappa shape index (κ2) is 44.2. The Balaban J connectivity index is 2.30. The van der Waals surface area contributed by atoms with Crippen LogP contribution in [0.1, 0.15) is 251 Å². The summed E-state index contributed by atoms with van der Waals surface area (Å²) in [6, 6.07) is -0.898. The molecule has 8 atom stereocenters. The van der Waals surface area contributed by atoms with Gasteiger partial charge in [0.1, 0.15) is 30.5 Å². The van der Waals surface area contributed by atoms with Gasteiger partial charge in [0.05, 0.1) is 25.4 Å². The van der Waals surface area contributed by atoms with Crippen molar-refractivity contribution in [1.29, 1.82) is 0 Å². The normalized spacial score (nSPS) is 20.7. The lowest BCUT2D eigenvalue weighted by Crippen LogP contribution is -2.60. The predicted molar refractivity (Wildman–Crippen MR) is 264 cm³/mol. The van der Waals surface area contributed by atoms with Gasteiger partial charge in [0.2, 0.25) is 5.91 Å². The molecule has 0 aromatic heterocycles. The molecule has 1 heterocycles. The average molecular weight is 910 g/mol. The van der Waals surface area contributed by atoms with Gasteiger partial charge in [-0.2, -0.15) is 0 Å². The first-order valence-corrected chi connectivity index (χ1v) is 27.1. The number of hydrogen-bond donors (Lipinski definition) is 7. The fourth-order valence-electron chi connectivity index (χ4n) is 8.73. The molecule has 1 saturated heterocycles. The monoisotopic (exact) mass is 910 g/mol. The third-order valence-electron chi connectivity index (χ3n) is 13.2. The Bertz CT molecular complexity index is 1070. The molecule has 0 saturated carbocycles. The molecule has 0 aromatic carbocycles. The van der Waals surface area contributed by atoms with Gasteiger partial charge in [-0.15, -0.1) is 0 Å². The van der Waals surface area contributed by atoms with E-state index < -0.39 is 61.5 Å². The molecule has 378 valence electrons. The van der Waals surface area contributed by atoms with Crippen LogP contribution in [0.15, 0.2) is 24.3 Å². The van der Waals surface area contributed by atoms with Crippen LogP contribution in [0.2, 0.25) is 0 Å². The van der Waals surface area contributed by atoms with Gasteiger partial charge in [-0.25, -0.2) is 0 Å². The number of carbonyl (C=O) groups is 1. The van der Waals surface area contributed by atoms with Crippen molar-refractivity contribution < 1.29 is 44.9 Å². The molecule has 0 aliphatic carbocycles. The summed E-state index contributed by atoms with van der Waals surface area (Å²) in [6.07, 6.45) is 43.7. The molecule has 10 heteroatoms. The van der Waals surface area contributed by atoms with E-state index in [-0.39, 0.29) is 6.61 Å². The van der Waals surface area contributed by atoms with Crippen molar-refractivity contribution in [2.45, 2.75) is 300 Å². The van der Waals surface area contributed by atoms with Crippen molar-refractivity contribution in [3.63, 3.8) is 0 Å². The largest absolute Gasteiger partial charge is 0.394 e. The van der Waals surface area contributed by atoms with E-state index in [2.05, 4.69) is 43.5 Å². The second-order valence-corrected chi connectivity index (χ2v) is 19.2. The molecular formula is C54H103NO9. The van der Waals surface area contributed by atoms with E-state index >= 15 is 0 Å². The van der Waals surface area contributed by atoms with Gasteiger partial charge in [0, 0.05) is 0 Å². The maximum absolute atomic E-state index is 13.1. The Labute approximate surface area is 392 Å². The summed E-state index contributed by atoms with van der Waals surface area (Å²) < 4.78 is 11.2. The summed E-state index contributed by atoms with van der Waals surface area (Å²) in [7, 11) is 0. The van der Waals surface area contributed by atoms with Crippen LogP contribution in [0, 0.1) is 0 Å². The summed E-state index contributed by atoms with van der Waals surface area (Å²) in [4.78, 5) is 13.1. The standard InChI is InChI=1S/C54H103NO9/c1-3-5-7-9-11-13-15-17-19-21-22-23-24-25-27-29-31-33-35-37-39-41-43-48(58)53(62)55-46(45-63-54-52(61)51(60)50(59)49(44-56)64-54)47(57)42-40-38-36-34-32-30-28-26-20-18-16-14-12-10-8-6-4-2/h22-23,25,27,46-52,54,56-61H,3-21,24,26,28-45H2,1-2H3,(H,55,62)/b23-22-,27-25-. The summed E-state index contributed by atoms with van der Waals surface area (Å²) in [6.45, 7) is 3.69. The summed E-state index contributed by atoms with van der Waals surface area (Å²) in [5, 5.41) is 65.1. The third-order valence-corrected chi connectivity index (χ3v) is 13.2. The first-order chi connectivity index (χ1) is 31.3. The fourth-order valence-corrected chi connectivity index (χ4v) is 8.73. The minimum Gasteiger partial charge on any atom is -0.394 e. The summed E-state index contributed by atoms with van der Waals surface area (Å²) in [5.74, 6) is -0.589. The van der Waals surface area contributed by atoms with Gasteiger partial charge in [-0.1, -0.05) is 231 Å². The van der Waals surface area contributed by atoms with Crippen LogP contribution in [0.5, 0.6) is 0 Å². The molecule has 7 N–H and O–H groups in total. The van der Waals surface area contributed by atoms with Gasteiger partial charge in [-0.05, 0) is 44.9 Å². The molecule has 0 radical (unpaired) electrons. The number of aliphatic hydroxyl groups excluding tert-OH is 6. The minimum absolute atomic E-state index is 0.257. The lowest BCUT2D eigenvalue weighted by Gasteiger charge is -2.40. The third kappa shape index (κ3) is 33.2. The van der Waals surface area contributed by atoms with Gasteiger partial charge in [-0.3, -0.25) is 4.79 Å². The van der Waals surface area contributed by atoms with E-state index in [9.17, 15) is 35.4 Å². The first-order valence-electron chi connectivity index (χ1n) is 27.1. The SMILES string of the molecule is CCCCCCCCCCC/C=C\C/C=C\CCCCCCCCC(O)C(=O)NC(COC1OC(CO)C(O)C(O)C1O)C(O)CCCCCCCCCCCCCCCCCCC. The van der Waals surface area contributed by atoms with E-state index in [1.165, 1.54) is 148 Å². The minimum atomic E-state index is -1.60. The average Bonchev–Trinajstić information content (AvgIpc) is 3.29. The van der Waals surface area contributed by atoms with Crippen molar-refractivity contribution in [2.24, 2.45) is 0 Å². The highest BCUT2D eigenvalue weighted by Gasteiger charge is 2.44. The van der Waals surface area contributed by atoms with Gasteiger partial charge in [0.25, 0.3) is 0 Å². The Hall–Kier alpha value is -1.37. The molecule has 0 spiro atoms. The van der Waals surface area contributed by atoms with Crippen LogP contribution < -0.4 is 5.32 Å². The highest BCUT2D eigenvalue weighted by molar-refractivity contribution is 5.80. The molecule has 8 unspecified atom stereocenters. The fraction of sp³-hybridized carbons (Fsp3) is 0.907. The van der Waals surface area contributed by atoms with Crippen LogP contribution in [0.25, 0.3) is 0 Å². The summed E-state index contributed by atoms with van der Waals surface area (Å²) >= 11 is 0. The maximum atomic E-state index is 13.1. The quantitative estimate of drug-likeness (QED) is 0.0232. The highest BCUT2D eigenvalue weighted by atomic mass is 16.7. The zero-order valence-corrected chi connectivity index (χ0v) is 41.4. The van der Waals surface area contributed by atoms with E-state index in [0.29, 0.717) is 19.3 Å². The molecule has 1 rings (SSSR count). The number of rotatable bonds is 46. The molecule has 1 amide bonds. The van der Waals surface area contributed by atoms with E-state index in [0.717, 1.165) is 70.6 Å². The number of amides is 1. The molecular weight excluding hydrogens is 807 g/mol. The van der Waals surface area contributed by atoms with Crippen molar-refractivity contribution in [3.8, 4) is 0 Å². The Morgan fingerprint density at radius 2 is 0.922 bits per heavy atom. The molecule has 64 heavy (non-hydrogen) atoms. The molecule has 0 bridgehead atoms. The molecule has 1 aliphatic heterocycles. The number of unbranched alkanes of at least 4 members (excludes halogenated alkanes) is 31. The van der Waals surface area contributed by atoms with Crippen LogP contribution in [-0.4, -0.2) is 98.7 Å². The zero-order valence-electron chi connectivity index (χ0n) is 41.4. The predicted octanol–water partition coefficient (Wildman–Crippen LogP) is 11.6. The maximum Gasteiger partial charge on any atom is 0.249 e. The Morgan fingerprint density at radius 3 is 1.34 bits per heavy atom. The van der Waals surface area contributed by atoms with Crippen molar-refractivity contribution in [1.82, 2.24) is 5.32 Å². The van der Waals surface area contributed by atoms with Crippen molar-refractivity contribution >= 4 is 5.91 Å². The molecule has 0 aromatic rings. The number of hydrogen-bond acceptors (Lipinski definition) is 9. The van der Waals surface area contributed by atoms with E-state index in [1.54, 1.807) is 0 Å². The van der Waals surface area contributed by atoms with Crippen LogP contribution in [-0.2, 0) is 14.3 Å². The van der Waals surface area contributed by atoms with Gasteiger partial charge >= 0.3 is 0 Å². The molecule has 10 nitrogen and oxygen atoms in total. The second-order valence-electron chi connectivity index (χ2n) is 19.2. The zero-order chi connectivity index (χ0) is 46.7. The van der Waals surface area contributed by atoms with E-state index in [1.807, 2.05) is 0 Å². The number of aliphatic hydroxyl groups is 6. The Morgan fingerprint density at radius 1 is 0.531 bits per heavy atom. The summed E-state index contributed by atoms with van der Waals surface area (Å²) in [5.41, 5.74) is 0. The topological polar surface area (TPSA) is 169 Å². The Kier molecular flexibility index (Phi) is 41.8. The van der Waals surface area contributed by atoms with E-state index in [4.69, 9.17) is 9.47 Å². The van der Waals surface area contributed by atoms with Gasteiger partial charge < -0.3 is 45.4 Å². The number of nitrogens with one attached hydrogen (secondary N) is 1. The molecule has 1 fully saturated rings.